The van der Waals surface area contributed by atoms with E-state index in [1.54, 1.807) is 0 Å². The van der Waals surface area contributed by atoms with Gasteiger partial charge in [0.2, 0.25) is 11.5 Å². The average molecular weight is 650 g/mol. The molecule has 12 heteroatoms. The smallest absolute Gasteiger partial charge is 0.352 e. The van der Waals surface area contributed by atoms with Crippen LogP contribution in [0.15, 0.2) is 101 Å². The van der Waals surface area contributed by atoms with Crippen molar-refractivity contribution in [2.45, 2.75) is 32.7 Å². The van der Waals surface area contributed by atoms with Crippen LogP contribution < -0.4 is 14.2 Å². The van der Waals surface area contributed by atoms with Gasteiger partial charge < -0.3 is 14.1 Å². The number of anilines is 1. The highest BCUT2D eigenvalue weighted by Gasteiger charge is 2.30. The van der Waals surface area contributed by atoms with Crippen LogP contribution in [0.5, 0.6) is 5.75 Å². The number of hydrogen-bond acceptors (Lipinski definition) is 7. The summed E-state index contributed by atoms with van der Waals surface area (Å²) >= 11 is 0. The van der Waals surface area contributed by atoms with Crippen LogP contribution in [0, 0.1) is 0 Å². The van der Waals surface area contributed by atoms with E-state index in [1.165, 1.54) is 0 Å². The Balaban J connectivity index is 1.38. The first-order valence-corrected chi connectivity index (χ1v) is 17.8. The minimum Gasteiger partial charge on any atom is -0.439 e. The zero-order valence-corrected chi connectivity index (χ0v) is 26.2. The molecule has 5 aromatic rings. The molecular weight excluding hydrogens is 617 g/mol. The summed E-state index contributed by atoms with van der Waals surface area (Å²) in [7, 11) is -8.27. The number of allylic oxidation sites excluding steroid dienone is 3. The van der Waals surface area contributed by atoms with Gasteiger partial charge in [0.05, 0.1) is 29.0 Å². The number of rotatable bonds is 11. The van der Waals surface area contributed by atoms with Gasteiger partial charge in [-0.1, -0.05) is 60.7 Å². The summed E-state index contributed by atoms with van der Waals surface area (Å²) in [5.74, 6) is 0.974. The van der Waals surface area contributed by atoms with Crippen molar-refractivity contribution in [2.24, 2.45) is 0 Å². The molecule has 0 aliphatic carbocycles. The van der Waals surface area contributed by atoms with E-state index in [0.717, 1.165) is 38.3 Å². The minimum absolute atomic E-state index is 0.178. The summed E-state index contributed by atoms with van der Waals surface area (Å²) in [6, 6.07) is 23.5. The Morgan fingerprint density at radius 3 is 2.20 bits per heavy atom. The third-order valence-electron chi connectivity index (χ3n) is 7.88. The molecule has 10 nitrogen and oxygen atoms in total. The Bertz CT molecular complexity index is 2200. The number of hydrogen-bond donors (Lipinski definition) is 2. The van der Waals surface area contributed by atoms with Gasteiger partial charge in [-0.25, -0.2) is 0 Å². The van der Waals surface area contributed by atoms with Crippen LogP contribution in [0.25, 0.3) is 32.6 Å². The maximum absolute atomic E-state index is 11.5. The van der Waals surface area contributed by atoms with Gasteiger partial charge in [0.15, 0.2) is 12.3 Å². The third kappa shape index (κ3) is 6.74. The molecule has 0 amide bonds. The second-order valence-corrected chi connectivity index (χ2v) is 14.1. The predicted octanol–water partition coefficient (Wildman–Crippen LogP) is 5.81. The van der Waals surface area contributed by atoms with E-state index in [9.17, 15) is 25.9 Å². The van der Waals surface area contributed by atoms with Gasteiger partial charge >= 0.3 is 5.89 Å². The molecule has 2 heterocycles. The van der Waals surface area contributed by atoms with Crippen molar-refractivity contribution >= 4 is 58.6 Å². The highest BCUT2D eigenvalue weighted by Crippen LogP contribution is 2.44. The molecule has 0 unspecified atom stereocenters. The van der Waals surface area contributed by atoms with Gasteiger partial charge in [-0.2, -0.15) is 21.4 Å². The van der Waals surface area contributed by atoms with Crippen LogP contribution >= 0.6 is 0 Å². The quantitative estimate of drug-likeness (QED) is 0.134. The summed E-state index contributed by atoms with van der Waals surface area (Å²) in [5.41, 5.74) is 3.15. The Labute approximate surface area is 261 Å². The van der Waals surface area contributed by atoms with Gasteiger partial charge in [-0.3, -0.25) is 9.11 Å². The molecule has 4 aromatic carbocycles. The second kappa shape index (κ2) is 12.3. The molecule has 1 aliphatic rings. The van der Waals surface area contributed by atoms with Gasteiger partial charge in [-0.15, -0.1) is 0 Å². The van der Waals surface area contributed by atoms with Gasteiger partial charge in [0, 0.05) is 24.4 Å². The zero-order chi connectivity index (χ0) is 31.8. The Morgan fingerprint density at radius 1 is 0.844 bits per heavy atom. The first-order chi connectivity index (χ1) is 21.5. The van der Waals surface area contributed by atoms with E-state index in [-0.39, 0.29) is 30.9 Å². The summed E-state index contributed by atoms with van der Waals surface area (Å²) < 4.78 is 79.5. The van der Waals surface area contributed by atoms with Crippen molar-refractivity contribution in [1.82, 2.24) is 0 Å². The topological polar surface area (TPSA) is 138 Å². The van der Waals surface area contributed by atoms with Crippen molar-refractivity contribution in [2.75, 3.05) is 23.0 Å². The van der Waals surface area contributed by atoms with Gasteiger partial charge in [0.1, 0.15) is 0 Å². The number of oxazole rings is 1. The van der Waals surface area contributed by atoms with Crippen molar-refractivity contribution < 1.29 is 39.7 Å². The van der Waals surface area contributed by atoms with Crippen molar-refractivity contribution in [1.29, 1.82) is 0 Å². The normalized spacial score (nSPS) is 15.0. The maximum Gasteiger partial charge on any atom is 0.352 e. The summed E-state index contributed by atoms with van der Waals surface area (Å²) in [6.07, 6.45) is 4.53. The molecular formula is C33H33N2O8S2+. The maximum atomic E-state index is 11.5. The SMILES string of the molecule is C/C=C(\C=C1/Oc2ccc3ccccc3c2N1CCCS(=O)(=O)O)Cc1oc2ccc3ccccc3c2[n+]1CCCS(=O)(=O)O. The van der Waals surface area contributed by atoms with E-state index in [1.807, 2.05) is 101 Å². The molecule has 0 atom stereocenters. The minimum atomic E-state index is -4.14. The highest BCUT2D eigenvalue weighted by atomic mass is 32.2. The van der Waals surface area contributed by atoms with Crippen LogP contribution in [0.4, 0.5) is 5.69 Å². The molecule has 45 heavy (non-hydrogen) atoms. The first-order valence-electron chi connectivity index (χ1n) is 14.6. The number of ether oxygens (including phenoxy) is 1. The lowest BCUT2D eigenvalue weighted by Gasteiger charge is -2.19. The standard InChI is InChI=1S/C33H32N2O8S2/c1-2-23(21-30-34(17-7-19-44(36,37)38)32-26-11-5-3-9-24(26)13-15-28(32)42-30)22-31-35(18-8-20-45(39,40)41)33-27-12-6-4-10-25(27)14-16-29(33)43-31/h2-6,9-16,21H,7-8,17-20,22H2,1H3,(H-,36,37,38,39,40,41)/p+1/b23-2+,30-21-. The van der Waals surface area contributed by atoms with E-state index < -0.39 is 20.2 Å². The predicted molar refractivity (Wildman–Crippen MR) is 173 cm³/mol. The molecule has 234 valence electrons. The fourth-order valence-electron chi connectivity index (χ4n) is 5.85. The Kier molecular flexibility index (Phi) is 8.40. The van der Waals surface area contributed by atoms with E-state index in [0.29, 0.717) is 36.1 Å². The molecule has 2 N–H and O–H groups in total. The first kappa shape index (κ1) is 30.8. The summed E-state index contributed by atoms with van der Waals surface area (Å²) in [6.45, 7) is 2.49. The van der Waals surface area contributed by atoms with Crippen LogP contribution in [-0.4, -0.2) is 44.0 Å². The van der Waals surface area contributed by atoms with Crippen molar-refractivity contribution in [3.05, 3.63) is 102 Å². The van der Waals surface area contributed by atoms with E-state index in [4.69, 9.17) is 9.15 Å². The van der Waals surface area contributed by atoms with Crippen LogP contribution in [0.2, 0.25) is 0 Å². The fraction of sp³-hybridized carbons (Fsp3) is 0.242. The lowest BCUT2D eigenvalue weighted by atomic mass is 10.1. The fourth-order valence-corrected chi connectivity index (χ4v) is 6.84. The van der Waals surface area contributed by atoms with Crippen LogP contribution in [-0.2, 0) is 33.2 Å². The van der Waals surface area contributed by atoms with E-state index in [2.05, 4.69) is 0 Å². The number of benzene rings is 4. The van der Waals surface area contributed by atoms with Crippen molar-refractivity contribution in [3.63, 3.8) is 0 Å². The molecule has 0 saturated heterocycles. The van der Waals surface area contributed by atoms with Gasteiger partial charge in [-0.05, 0) is 47.9 Å². The number of aryl methyl sites for hydroxylation is 1. The Hall–Kier alpha value is -4.23. The molecule has 0 spiro atoms. The number of aromatic nitrogens is 1. The molecule has 0 saturated carbocycles. The number of fused-ring (bicyclic) bond motifs is 6. The molecule has 6 rings (SSSR count). The van der Waals surface area contributed by atoms with Crippen LogP contribution in [0.1, 0.15) is 25.7 Å². The summed E-state index contributed by atoms with van der Waals surface area (Å²) in [5, 5.41) is 3.93. The number of nitrogens with zero attached hydrogens (tertiary/aromatic N) is 2. The highest BCUT2D eigenvalue weighted by molar-refractivity contribution is 7.86. The molecule has 0 bridgehead atoms. The molecule has 1 aliphatic heterocycles. The molecule has 0 fully saturated rings. The third-order valence-corrected chi connectivity index (χ3v) is 9.49. The largest absolute Gasteiger partial charge is 0.439 e. The average Bonchev–Trinajstić information content (AvgIpc) is 3.53. The molecule has 0 radical (unpaired) electrons. The Morgan fingerprint density at radius 2 is 1.49 bits per heavy atom. The van der Waals surface area contributed by atoms with Crippen LogP contribution in [0.3, 0.4) is 0 Å². The van der Waals surface area contributed by atoms with Crippen molar-refractivity contribution in [3.8, 4) is 5.75 Å². The lowest BCUT2D eigenvalue weighted by Crippen LogP contribution is -2.38. The van der Waals surface area contributed by atoms with E-state index >= 15 is 0 Å². The van der Waals surface area contributed by atoms with Gasteiger partial charge in [0.25, 0.3) is 25.8 Å². The molecule has 1 aromatic heterocycles. The zero-order valence-electron chi connectivity index (χ0n) is 24.6. The lowest BCUT2D eigenvalue weighted by molar-refractivity contribution is -0.683. The summed E-state index contributed by atoms with van der Waals surface area (Å²) in [4.78, 5) is 1.93. The second-order valence-electron chi connectivity index (χ2n) is 11.0. The monoisotopic (exact) mass is 649 g/mol.